The van der Waals surface area contributed by atoms with E-state index in [1.54, 1.807) is 6.20 Å². The van der Waals surface area contributed by atoms with E-state index >= 15 is 0 Å². The molecule has 4 rings (SSSR count). The first-order valence-electron chi connectivity index (χ1n) is 7.71. The van der Waals surface area contributed by atoms with Crippen molar-refractivity contribution in [2.24, 2.45) is 0 Å². The number of imidazole rings is 1. The second-order valence-electron chi connectivity index (χ2n) is 5.31. The summed E-state index contributed by atoms with van der Waals surface area (Å²) in [4.78, 5) is 13.9. The lowest BCUT2D eigenvalue weighted by molar-refractivity contribution is 0.968. The van der Waals surface area contributed by atoms with Crippen molar-refractivity contribution >= 4 is 11.0 Å². The Kier molecular flexibility index (Phi) is 3.35. The third kappa shape index (κ3) is 2.28. The number of para-hydroxylation sites is 2. The number of pyridine rings is 2. The maximum Gasteiger partial charge on any atom is 0.165 e. The highest BCUT2D eigenvalue weighted by atomic mass is 15.1. The minimum absolute atomic E-state index is 0.820. The maximum atomic E-state index is 4.80. The molecule has 3 heterocycles. The Labute approximate surface area is 134 Å². The van der Waals surface area contributed by atoms with Crippen molar-refractivity contribution < 1.29 is 0 Å². The van der Waals surface area contributed by atoms with Gasteiger partial charge in [-0.05, 0) is 42.3 Å². The third-order valence-electron chi connectivity index (χ3n) is 3.91. The van der Waals surface area contributed by atoms with Gasteiger partial charge in [0.2, 0.25) is 0 Å². The molecule has 3 aromatic heterocycles. The largest absolute Gasteiger partial charge is 0.275 e. The van der Waals surface area contributed by atoms with Gasteiger partial charge in [-0.25, -0.2) is 9.97 Å². The van der Waals surface area contributed by atoms with Gasteiger partial charge >= 0.3 is 0 Å². The number of hydrogen-bond acceptors (Lipinski definition) is 3. The van der Waals surface area contributed by atoms with Gasteiger partial charge in [-0.2, -0.15) is 0 Å². The topological polar surface area (TPSA) is 43.6 Å². The third-order valence-corrected chi connectivity index (χ3v) is 3.91. The SMILES string of the molecule is CCc1cccnc1-n1c(-c2ccccn2)nc2ccccc21. The number of fused-ring (bicyclic) bond motifs is 1. The molecule has 0 aliphatic rings. The molecule has 1 aromatic carbocycles. The van der Waals surface area contributed by atoms with Gasteiger partial charge in [-0.3, -0.25) is 9.55 Å². The van der Waals surface area contributed by atoms with Crippen molar-refractivity contribution in [3.8, 4) is 17.3 Å². The predicted octanol–water partition coefficient (Wildman–Crippen LogP) is 4.04. The van der Waals surface area contributed by atoms with Gasteiger partial charge in [-0.1, -0.05) is 31.2 Å². The fraction of sp³-hybridized carbons (Fsp3) is 0.105. The molecule has 0 unspecified atom stereocenters. The molecule has 0 bridgehead atoms. The van der Waals surface area contributed by atoms with E-state index in [2.05, 4.69) is 33.6 Å². The lowest BCUT2D eigenvalue weighted by Gasteiger charge is -2.11. The van der Waals surface area contributed by atoms with Crippen molar-refractivity contribution in [1.29, 1.82) is 0 Å². The Morgan fingerprint density at radius 2 is 1.70 bits per heavy atom. The summed E-state index contributed by atoms with van der Waals surface area (Å²) >= 11 is 0. The Balaban J connectivity index is 2.08. The second kappa shape index (κ2) is 5.65. The van der Waals surface area contributed by atoms with E-state index in [1.165, 1.54) is 5.56 Å². The number of aryl methyl sites for hydroxylation is 1. The molecule has 0 atom stereocenters. The van der Waals surface area contributed by atoms with E-state index in [9.17, 15) is 0 Å². The van der Waals surface area contributed by atoms with Crippen LogP contribution in [0.5, 0.6) is 0 Å². The summed E-state index contributed by atoms with van der Waals surface area (Å²) in [6.45, 7) is 2.14. The highest BCUT2D eigenvalue weighted by Gasteiger charge is 2.17. The highest BCUT2D eigenvalue weighted by Crippen LogP contribution is 2.28. The van der Waals surface area contributed by atoms with Crippen LogP contribution >= 0.6 is 0 Å². The number of benzene rings is 1. The molecular weight excluding hydrogens is 284 g/mol. The fourth-order valence-electron chi connectivity index (χ4n) is 2.81. The molecule has 0 spiro atoms. The van der Waals surface area contributed by atoms with E-state index in [4.69, 9.17) is 4.98 Å². The van der Waals surface area contributed by atoms with Gasteiger partial charge in [0.15, 0.2) is 5.82 Å². The number of aromatic nitrogens is 4. The van der Waals surface area contributed by atoms with Crippen molar-refractivity contribution in [3.05, 3.63) is 72.6 Å². The van der Waals surface area contributed by atoms with E-state index in [0.717, 1.165) is 34.8 Å². The number of rotatable bonds is 3. The van der Waals surface area contributed by atoms with Crippen LogP contribution in [-0.4, -0.2) is 19.5 Å². The molecule has 23 heavy (non-hydrogen) atoms. The first-order chi connectivity index (χ1) is 11.4. The van der Waals surface area contributed by atoms with Crippen molar-refractivity contribution in [1.82, 2.24) is 19.5 Å². The van der Waals surface area contributed by atoms with E-state index in [1.807, 2.05) is 48.7 Å². The summed E-state index contributed by atoms with van der Waals surface area (Å²) < 4.78 is 2.11. The molecular formula is C19H16N4. The average Bonchev–Trinajstić information content (AvgIpc) is 3.02. The lowest BCUT2D eigenvalue weighted by atomic mass is 10.2. The molecule has 0 N–H and O–H groups in total. The van der Waals surface area contributed by atoms with Crippen LogP contribution in [0.25, 0.3) is 28.4 Å². The summed E-state index contributed by atoms with van der Waals surface area (Å²) in [5, 5.41) is 0. The lowest BCUT2D eigenvalue weighted by Crippen LogP contribution is -2.04. The van der Waals surface area contributed by atoms with Crippen LogP contribution in [0.3, 0.4) is 0 Å². The minimum Gasteiger partial charge on any atom is -0.275 e. The summed E-state index contributed by atoms with van der Waals surface area (Å²) in [6.07, 6.45) is 4.53. The highest BCUT2D eigenvalue weighted by molar-refractivity contribution is 5.82. The van der Waals surface area contributed by atoms with Gasteiger partial charge in [0.05, 0.1) is 11.0 Å². The Morgan fingerprint density at radius 1 is 0.870 bits per heavy atom. The molecule has 0 aliphatic carbocycles. The predicted molar refractivity (Wildman–Crippen MR) is 91.5 cm³/mol. The Bertz CT molecular complexity index is 957. The molecule has 4 nitrogen and oxygen atoms in total. The van der Waals surface area contributed by atoms with Gasteiger partial charge < -0.3 is 0 Å². The molecule has 0 amide bonds. The number of nitrogens with zero attached hydrogens (tertiary/aromatic N) is 4. The summed E-state index contributed by atoms with van der Waals surface area (Å²) in [6, 6.07) is 18.1. The molecule has 0 fully saturated rings. The zero-order valence-electron chi connectivity index (χ0n) is 12.8. The fourth-order valence-corrected chi connectivity index (χ4v) is 2.81. The first kappa shape index (κ1) is 13.6. The van der Waals surface area contributed by atoms with Gasteiger partial charge in [0.25, 0.3) is 0 Å². The van der Waals surface area contributed by atoms with E-state index < -0.39 is 0 Å². The van der Waals surface area contributed by atoms with Crippen LogP contribution in [0.4, 0.5) is 0 Å². The molecule has 0 saturated carbocycles. The van der Waals surface area contributed by atoms with Crippen LogP contribution in [0, 0.1) is 0 Å². The van der Waals surface area contributed by atoms with Crippen LogP contribution < -0.4 is 0 Å². The summed E-state index contributed by atoms with van der Waals surface area (Å²) in [5.41, 5.74) is 4.02. The molecule has 112 valence electrons. The van der Waals surface area contributed by atoms with E-state index in [0.29, 0.717) is 0 Å². The zero-order valence-corrected chi connectivity index (χ0v) is 12.8. The number of hydrogen-bond donors (Lipinski definition) is 0. The van der Waals surface area contributed by atoms with Crippen molar-refractivity contribution in [3.63, 3.8) is 0 Å². The van der Waals surface area contributed by atoms with Crippen LogP contribution in [0.1, 0.15) is 12.5 Å². The van der Waals surface area contributed by atoms with Crippen molar-refractivity contribution in [2.45, 2.75) is 13.3 Å². The summed E-state index contributed by atoms with van der Waals surface area (Å²) in [7, 11) is 0. The Morgan fingerprint density at radius 3 is 2.52 bits per heavy atom. The molecule has 0 aliphatic heterocycles. The monoisotopic (exact) mass is 300 g/mol. The first-order valence-corrected chi connectivity index (χ1v) is 7.71. The van der Waals surface area contributed by atoms with Crippen molar-refractivity contribution in [2.75, 3.05) is 0 Å². The smallest absolute Gasteiger partial charge is 0.165 e. The van der Waals surface area contributed by atoms with Crippen LogP contribution in [0.15, 0.2) is 67.0 Å². The van der Waals surface area contributed by atoms with Crippen LogP contribution in [-0.2, 0) is 6.42 Å². The maximum absolute atomic E-state index is 4.80. The molecule has 0 saturated heterocycles. The van der Waals surface area contributed by atoms with Gasteiger partial charge in [0, 0.05) is 12.4 Å². The van der Waals surface area contributed by atoms with Crippen LogP contribution in [0.2, 0.25) is 0 Å². The zero-order chi connectivity index (χ0) is 15.6. The van der Waals surface area contributed by atoms with E-state index in [-0.39, 0.29) is 0 Å². The standard InChI is InChI=1S/C19H16N4/c1-2-14-8-7-13-21-18(14)23-17-11-4-3-9-15(17)22-19(23)16-10-5-6-12-20-16/h3-13H,2H2,1H3. The second-order valence-corrected chi connectivity index (χ2v) is 5.31. The normalized spacial score (nSPS) is 11.0. The van der Waals surface area contributed by atoms with Gasteiger partial charge in [0.1, 0.15) is 11.5 Å². The summed E-state index contributed by atoms with van der Waals surface area (Å²) in [5.74, 6) is 1.74. The quantitative estimate of drug-likeness (QED) is 0.573. The molecule has 4 heteroatoms. The molecule has 0 radical (unpaired) electrons. The Hall–Kier alpha value is -3.01. The minimum atomic E-state index is 0.820. The molecule has 4 aromatic rings. The van der Waals surface area contributed by atoms with Gasteiger partial charge in [-0.15, -0.1) is 0 Å². The average molecular weight is 300 g/mol.